The van der Waals surface area contributed by atoms with E-state index in [0.29, 0.717) is 22.7 Å². The van der Waals surface area contributed by atoms with Crippen molar-refractivity contribution in [2.24, 2.45) is 7.05 Å². The molecule has 1 fully saturated rings. The lowest BCUT2D eigenvalue weighted by Gasteiger charge is -2.16. The van der Waals surface area contributed by atoms with E-state index in [-0.39, 0.29) is 17.2 Å². The summed E-state index contributed by atoms with van der Waals surface area (Å²) in [4.78, 5) is 27.2. The molecule has 2 heterocycles. The van der Waals surface area contributed by atoms with Crippen molar-refractivity contribution < 1.29 is 9.53 Å². The number of hydrogen-bond donors (Lipinski definition) is 1. The van der Waals surface area contributed by atoms with Crippen LogP contribution in [0, 0.1) is 13.8 Å². The fourth-order valence-electron chi connectivity index (χ4n) is 3.61. The first-order valence-corrected chi connectivity index (χ1v) is 10.4. The molecule has 0 aliphatic carbocycles. The largest absolute Gasteiger partial charge is 0.453 e. The molecule has 1 aliphatic heterocycles. The van der Waals surface area contributed by atoms with Crippen LogP contribution in [0.2, 0.25) is 0 Å². The fourth-order valence-corrected chi connectivity index (χ4v) is 3.61. The predicted molar refractivity (Wildman–Crippen MR) is 120 cm³/mol. The highest BCUT2D eigenvalue weighted by Crippen LogP contribution is 2.31. The molecule has 0 spiro atoms. The van der Waals surface area contributed by atoms with Gasteiger partial charge >= 0.3 is 0 Å². The second-order valence-electron chi connectivity index (χ2n) is 7.81. The van der Waals surface area contributed by atoms with Gasteiger partial charge in [-0.1, -0.05) is 12.1 Å². The average molecular weight is 418 g/mol. The zero-order valence-corrected chi connectivity index (χ0v) is 18.0. The van der Waals surface area contributed by atoms with Gasteiger partial charge in [-0.15, -0.1) is 0 Å². The van der Waals surface area contributed by atoms with E-state index >= 15 is 0 Å². The summed E-state index contributed by atoms with van der Waals surface area (Å²) in [7, 11) is 1.59. The molecule has 0 bridgehead atoms. The van der Waals surface area contributed by atoms with Crippen LogP contribution < -0.4 is 15.6 Å². The van der Waals surface area contributed by atoms with Crippen LogP contribution >= 0.6 is 0 Å². The summed E-state index contributed by atoms with van der Waals surface area (Å²) in [5.41, 5.74) is 3.41. The highest BCUT2D eigenvalue weighted by molar-refractivity contribution is 5.94. The number of amides is 1. The summed E-state index contributed by atoms with van der Waals surface area (Å²) in [6.45, 7) is 5.60. The van der Waals surface area contributed by atoms with E-state index in [1.165, 1.54) is 10.9 Å². The number of hydrogen-bond acceptors (Lipinski definition) is 5. The van der Waals surface area contributed by atoms with Crippen molar-refractivity contribution in [3.05, 3.63) is 75.7 Å². The van der Waals surface area contributed by atoms with E-state index in [9.17, 15) is 9.59 Å². The number of likely N-dealkylation sites (tertiary alicyclic amines) is 1. The minimum absolute atomic E-state index is 0.0443. The number of nitrogens with one attached hydrogen (secondary N) is 1. The molecule has 31 heavy (non-hydrogen) atoms. The number of benzene rings is 2. The first-order valence-electron chi connectivity index (χ1n) is 10.4. The fraction of sp³-hybridized carbons (Fsp3) is 0.292. The van der Waals surface area contributed by atoms with Crippen molar-refractivity contribution in [1.29, 1.82) is 0 Å². The van der Waals surface area contributed by atoms with Gasteiger partial charge in [0, 0.05) is 31.4 Å². The Hall–Kier alpha value is -3.61. The highest BCUT2D eigenvalue weighted by atomic mass is 16.5. The molecule has 2 aromatic carbocycles. The molecule has 0 saturated carbocycles. The summed E-state index contributed by atoms with van der Waals surface area (Å²) >= 11 is 0. The van der Waals surface area contributed by atoms with Crippen LogP contribution in [0.15, 0.2) is 53.5 Å². The molecular weight excluding hydrogens is 392 g/mol. The Balaban J connectivity index is 1.60. The molecule has 1 saturated heterocycles. The number of aryl methyl sites for hydroxylation is 2. The van der Waals surface area contributed by atoms with Crippen LogP contribution in [-0.2, 0) is 7.05 Å². The molecule has 3 aromatic rings. The van der Waals surface area contributed by atoms with Gasteiger partial charge in [-0.05, 0) is 68.1 Å². The van der Waals surface area contributed by atoms with Gasteiger partial charge in [0.15, 0.2) is 11.4 Å². The summed E-state index contributed by atoms with van der Waals surface area (Å²) in [6.07, 6.45) is 3.64. The van der Waals surface area contributed by atoms with Gasteiger partial charge in [-0.2, -0.15) is 5.10 Å². The van der Waals surface area contributed by atoms with Gasteiger partial charge in [0.2, 0.25) is 0 Å². The van der Waals surface area contributed by atoms with Crippen LogP contribution in [0.25, 0.3) is 0 Å². The number of rotatable bonds is 5. The lowest BCUT2D eigenvalue weighted by molar-refractivity contribution is 0.0793. The van der Waals surface area contributed by atoms with Crippen molar-refractivity contribution in [1.82, 2.24) is 14.7 Å². The van der Waals surface area contributed by atoms with Crippen molar-refractivity contribution in [2.75, 3.05) is 18.4 Å². The van der Waals surface area contributed by atoms with Crippen LogP contribution in [-0.4, -0.2) is 33.7 Å². The highest BCUT2D eigenvalue weighted by Gasteiger charge is 2.19. The topological polar surface area (TPSA) is 76.5 Å². The van der Waals surface area contributed by atoms with Crippen LogP contribution in [0.4, 0.5) is 11.4 Å². The lowest BCUT2D eigenvalue weighted by Crippen LogP contribution is -2.27. The molecule has 1 N–H and O–H groups in total. The molecule has 4 rings (SSSR count). The van der Waals surface area contributed by atoms with E-state index in [2.05, 4.69) is 10.4 Å². The molecule has 160 valence electrons. The lowest BCUT2D eigenvalue weighted by atomic mass is 10.1. The Morgan fingerprint density at radius 1 is 1.03 bits per heavy atom. The van der Waals surface area contributed by atoms with E-state index in [0.717, 1.165) is 37.1 Å². The maximum Gasteiger partial charge on any atom is 0.294 e. The molecule has 1 aromatic heterocycles. The van der Waals surface area contributed by atoms with Gasteiger partial charge in [-0.25, -0.2) is 4.68 Å². The number of carbonyl (C=O) groups excluding carboxylic acids is 1. The molecule has 1 aliphatic rings. The summed E-state index contributed by atoms with van der Waals surface area (Å²) in [5.74, 6) is 1.06. The Kier molecular flexibility index (Phi) is 5.75. The molecule has 1 amide bonds. The quantitative estimate of drug-likeness (QED) is 0.673. The van der Waals surface area contributed by atoms with Crippen molar-refractivity contribution in [3.63, 3.8) is 0 Å². The van der Waals surface area contributed by atoms with Crippen LogP contribution in [0.3, 0.4) is 0 Å². The van der Waals surface area contributed by atoms with Crippen molar-refractivity contribution in [3.8, 4) is 11.5 Å². The number of aromatic nitrogens is 2. The van der Waals surface area contributed by atoms with Gasteiger partial charge in [0.05, 0.1) is 6.20 Å². The average Bonchev–Trinajstić information content (AvgIpc) is 3.31. The Labute approximate surface area is 181 Å². The SMILES string of the molecule is Cc1cccc(Oc2cnn(C)c(=O)c2Nc2ccc(C(=O)N3CCCC3)cc2)c1C. The zero-order chi connectivity index (χ0) is 22.0. The number of nitrogens with zero attached hydrogens (tertiary/aromatic N) is 3. The van der Waals surface area contributed by atoms with Crippen LogP contribution in [0.1, 0.15) is 34.3 Å². The van der Waals surface area contributed by atoms with Gasteiger partial charge in [-0.3, -0.25) is 9.59 Å². The Bertz CT molecular complexity index is 1160. The summed E-state index contributed by atoms with van der Waals surface area (Å²) < 4.78 is 7.31. The number of anilines is 2. The molecule has 7 heteroatoms. The summed E-state index contributed by atoms with van der Waals surface area (Å²) in [5, 5.41) is 7.25. The maximum atomic E-state index is 12.8. The molecule has 7 nitrogen and oxygen atoms in total. The van der Waals surface area contributed by atoms with Crippen LogP contribution in [0.5, 0.6) is 11.5 Å². The molecule has 0 unspecified atom stereocenters. The second-order valence-corrected chi connectivity index (χ2v) is 7.81. The first kappa shape index (κ1) is 20.7. The van der Waals surface area contributed by atoms with Crippen molar-refractivity contribution >= 4 is 17.3 Å². The Morgan fingerprint density at radius 2 is 1.74 bits per heavy atom. The van der Waals surface area contributed by atoms with Crippen molar-refractivity contribution in [2.45, 2.75) is 26.7 Å². The van der Waals surface area contributed by atoms with E-state index < -0.39 is 0 Å². The third kappa shape index (κ3) is 4.30. The smallest absolute Gasteiger partial charge is 0.294 e. The monoisotopic (exact) mass is 418 g/mol. The first-order chi connectivity index (χ1) is 14.9. The minimum Gasteiger partial charge on any atom is -0.453 e. The van der Waals surface area contributed by atoms with Gasteiger partial charge in [0.1, 0.15) is 5.75 Å². The molecule has 0 radical (unpaired) electrons. The normalized spacial score (nSPS) is 13.3. The number of ether oxygens (including phenoxy) is 1. The van der Waals surface area contributed by atoms with E-state index in [1.54, 1.807) is 31.3 Å². The standard InChI is InChI=1S/C24H26N4O3/c1-16-7-6-8-20(17(16)2)31-21-15-25-27(3)24(30)22(21)26-19-11-9-18(10-12-19)23(29)28-13-4-5-14-28/h6-12,15,26H,4-5,13-14H2,1-3H3. The third-order valence-corrected chi connectivity index (χ3v) is 5.67. The third-order valence-electron chi connectivity index (χ3n) is 5.67. The predicted octanol–water partition coefficient (Wildman–Crippen LogP) is 4.17. The van der Waals surface area contributed by atoms with E-state index in [1.807, 2.05) is 36.9 Å². The second kappa shape index (κ2) is 8.63. The Morgan fingerprint density at radius 3 is 2.45 bits per heavy atom. The van der Waals surface area contributed by atoms with E-state index in [4.69, 9.17) is 4.74 Å². The van der Waals surface area contributed by atoms with Gasteiger partial charge in [0.25, 0.3) is 11.5 Å². The zero-order valence-electron chi connectivity index (χ0n) is 18.0. The molecule has 0 atom stereocenters. The number of carbonyl (C=O) groups is 1. The van der Waals surface area contributed by atoms with Gasteiger partial charge < -0.3 is 15.0 Å². The minimum atomic E-state index is -0.306. The maximum absolute atomic E-state index is 12.8. The summed E-state index contributed by atoms with van der Waals surface area (Å²) in [6, 6.07) is 12.9. The molecular formula is C24H26N4O3.